The number of hydrogen-bond acceptors (Lipinski definition) is 2. The Hall–Kier alpha value is -0.840. The first-order chi connectivity index (χ1) is 8.66. The largest absolute Gasteiger partial charge is 0.352 e. The van der Waals surface area contributed by atoms with E-state index >= 15 is 0 Å². The van der Waals surface area contributed by atoms with Crippen molar-refractivity contribution in [1.82, 2.24) is 10.6 Å². The van der Waals surface area contributed by atoms with Gasteiger partial charge in [0.25, 0.3) is 5.91 Å². The summed E-state index contributed by atoms with van der Waals surface area (Å²) in [5, 5.41) is 6.12. The molecule has 1 aliphatic heterocycles. The van der Waals surface area contributed by atoms with Crippen molar-refractivity contribution in [3.05, 3.63) is 34.6 Å². The number of amides is 1. The highest BCUT2D eigenvalue weighted by molar-refractivity contribution is 6.31. The van der Waals surface area contributed by atoms with Crippen LogP contribution in [0.2, 0.25) is 5.02 Å². The number of hydrogen-bond donors (Lipinski definition) is 2. The van der Waals surface area contributed by atoms with E-state index in [9.17, 15) is 9.18 Å². The summed E-state index contributed by atoms with van der Waals surface area (Å²) in [7, 11) is 0. The SMILES string of the molecule is Cl.O=C(NCC1CCCNC1)c1ccc(F)c(Cl)c1. The molecule has 0 radical (unpaired) electrons. The van der Waals surface area contributed by atoms with Crippen molar-refractivity contribution in [1.29, 1.82) is 0 Å². The van der Waals surface area contributed by atoms with Gasteiger partial charge in [-0.2, -0.15) is 0 Å². The zero-order chi connectivity index (χ0) is 13.0. The molecule has 1 fully saturated rings. The number of benzene rings is 1. The molecule has 0 bridgehead atoms. The van der Waals surface area contributed by atoms with Crippen LogP contribution >= 0.6 is 24.0 Å². The van der Waals surface area contributed by atoms with E-state index in [1.165, 1.54) is 18.2 Å². The summed E-state index contributed by atoms with van der Waals surface area (Å²) in [5.74, 6) is -0.245. The van der Waals surface area contributed by atoms with E-state index in [4.69, 9.17) is 11.6 Å². The van der Waals surface area contributed by atoms with Gasteiger partial charge in [-0.15, -0.1) is 12.4 Å². The molecule has 1 atom stereocenters. The molecule has 1 heterocycles. The molecule has 1 aliphatic rings. The molecular formula is C13H17Cl2FN2O. The fraction of sp³-hybridized carbons (Fsp3) is 0.462. The second-order valence-corrected chi connectivity index (χ2v) is 4.96. The van der Waals surface area contributed by atoms with E-state index in [0.29, 0.717) is 18.0 Å². The van der Waals surface area contributed by atoms with Gasteiger partial charge in [-0.05, 0) is 50.0 Å². The lowest BCUT2D eigenvalue weighted by molar-refractivity contribution is 0.0945. The van der Waals surface area contributed by atoms with Crippen LogP contribution in [0.1, 0.15) is 23.2 Å². The van der Waals surface area contributed by atoms with Crippen LogP contribution in [0.4, 0.5) is 4.39 Å². The maximum absolute atomic E-state index is 13.0. The predicted molar refractivity (Wildman–Crippen MR) is 76.6 cm³/mol. The standard InChI is InChI=1S/C13H16ClFN2O.ClH/c14-11-6-10(3-4-12(11)15)13(18)17-8-9-2-1-5-16-7-9;/h3-4,6,9,16H,1-2,5,7-8H2,(H,17,18);1H. The highest BCUT2D eigenvalue weighted by Crippen LogP contribution is 2.16. The first kappa shape index (κ1) is 16.2. The summed E-state index contributed by atoms with van der Waals surface area (Å²) < 4.78 is 13.0. The van der Waals surface area contributed by atoms with Gasteiger partial charge in [0.15, 0.2) is 0 Å². The summed E-state index contributed by atoms with van der Waals surface area (Å²) in [6.07, 6.45) is 2.26. The molecule has 1 saturated heterocycles. The lowest BCUT2D eigenvalue weighted by Gasteiger charge is -2.22. The van der Waals surface area contributed by atoms with Crippen LogP contribution in [0.3, 0.4) is 0 Å². The van der Waals surface area contributed by atoms with Crippen molar-refractivity contribution in [2.75, 3.05) is 19.6 Å². The van der Waals surface area contributed by atoms with E-state index < -0.39 is 5.82 Å². The van der Waals surface area contributed by atoms with Gasteiger partial charge >= 0.3 is 0 Å². The second-order valence-electron chi connectivity index (χ2n) is 4.55. The third kappa shape index (κ3) is 4.64. The Morgan fingerprint density at radius 1 is 1.53 bits per heavy atom. The molecule has 1 aromatic carbocycles. The van der Waals surface area contributed by atoms with E-state index in [2.05, 4.69) is 10.6 Å². The van der Waals surface area contributed by atoms with Gasteiger partial charge in [0.2, 0.25) is 0 Å². The maximum atomic E-state index is 13.0. The molecule has 1 unspecified atom stereocenters. The minimum atomic E-state index is -0.510. The van der Waals surface area contributed by atoms with Gasteiger partial charge in [-0.1, -0.05) is 11.6 Å². The van der Waals surface area contributed by atoms with Crippen molar-refractivity contribution >= 4 is 29.9 Å². The van der Waals surface area contributed by atoms with Gasteiger partial charge in [0.05, 0.1) is 5.02 Å². The molecule has 0 spiro atoms. The average molecular weight is 307 g/mol. The highest BCUT2D eigenvalue weighted by Gasteiger charge is 2.15. The zero-order valence-electron chi connectivity index (χ0n) is 10.4. The molecule has 3 nitrogen and oxygen atoms in total. The van der Waals surface area contributed by atoms with Crippen LogP contribution < -0.4 is 10.6 Å². The minimum Gasteiger partial charge on any atom is -0.352 e. The summed E-state index contributed by atoms with van der Waals surface area (Å²) in [6, 6.07) is 4.00. The van der Waals surface area contributed by atoms with Gasteiger partial charge < -0.3 is 10.6 Å². The van der Waals surface area contributed by atoms with Gasteiger partial charge in [0.1, 0.15) is 5.82 Å². The van der Waals surface area contributed by atoms with E-state index in [1.807, 2.05) is 0 Å². The summed E-state index contributed by atoms with van der Waals surface area (Å²) >= 11 is 5.64. The molecule has 1 aromatic rings. The van der Waals surface area contributed by atoms with Crippen LogP contribution in [0.25, 0.3) is 0 Å². The number of piperidine rings is 1. The number of carbonyl (C=O) groups is 1. The van der Waals surface area contributed by atoms with Crippen LogP contribution in [-0.4, -0.2) is 25.5 Å². The lowest BCUT2D eigenvalue weighted by Crippen LogP contribution is -2.38. The third-order valence-electron chi connectivity index (χ3n) is 3.13. The number of nitrogens with one attached hydrogen (secondary N) is 2. The topological polar surface area (TPSA) is 41.1 Å². The highest BCUT2D eigenvalue weighted by atomic mass is 35.5. The zero-order valence-corrected chi connectivity index (χ0v) is 12.0. The summed E-state index contributed by atoms with van der Waals surface area (Å²) in [6.45, 7) is 2.63. The smallest absolute Gasteiger partial charge is 0.251 e. The predicted octanol–water partition coefficient (Wildman–Crippen LogP) is 2.63. The van der Waals surface area contributed by atoms with Gasteiger partial charge in [0, 0.05) is 12.1 Å². The average Bonchev–Trinajstić information content (AvgIpc) is 2.40. The molecular weight excluding hydrogens is 290 g/mol. The maximum Gasteiger partial charge on any atom is 0.251 e. The Morgan fingerprint density at radius 2 is 2.32 bits per heavy atom. The monoisotopic (exact) mass is 306 g/mol. The number of halogens is 3. The number of rotatable bonds is 3. The van der Waals surface area contributed by atoms with Crippen molar-refractivity contribution in [2.45, 2.75) is 12.8 Å². The van der Waals surface area contributed by atoms with E-state index in [1.54, 1.807) is 0 Å². The lowest BCUT2D eigenvalue weighted by atomic mass is 10.00. The minimum absolute atomic E-state index is 0. The summed E-state index contributed by atoms with van der Waals surface area (Å²) in [4.78, 5) is 11.8. The van der Waals surface area contributed by atoms with Gasteiger partial charge in [-0.25, -0.2) is 4.39 Å². The Bertz CT molecular complexity index is 437. The quantitative estimate of drug-likeness (QED) is 0.901. The molecule has 0 aliphatic carbocycles. The van der Waals surface area contributed by atoms with Crippen molar-refractivity contribution in [3.63, 3.8) is 0 Å². The molecule has 106 valence electrons. The molecule has 0 aromatic heterocycles. The Morgan fingerprint density at radius 3 is 2.95 bits per heavy atom. The molecule has 19 heavy (non-hydrogen) atoms. The van der Waals surface area contributed by atoms with Crippen LogP contribution in [0.15, 0.2) is 18.2 Å². The first-order valence-electron chi connectivity index (χ1n) is 6.11. The van der Waals surface area contributed by atoms with Crippen molar-refractivity contribution in [2.24, 2.45) is 5.92 Å². The first-order valence-corrected chi connectivity index (χ1v) is 6.48. The van der Waals surface area contributed by atoms with Crippen LogP contribution in [-0.2, 0) is 0 Å². The Balaban J connectivity index is 0.00000180. The van der Waals surface area contributed by atoms with Crippen molar-refractivity contribution < 1.29 is 9.18 Å². The number of carbonyl (C=O) groups excluding carboxylic acids is 1. The summed E-state index contributed by atoms with van der Waals surface area (Å²) in [5.41, 5.74) is 0.394. The molecule has 6 heteroatoms. The Kier molecular flexibility index (Phi) is 6.55. The van der Waals surface area contributed by atoms with E-state index in [-0.39, 0.29) is 23.3 Å². The molecule has 2 rings (SSSR count). The second kappa shape index (κ2) is 7.68. The molecule has 2 N–H and O–H groups in total. The fourth-order valence-electron chi connectivity index (χ4n) is 2.07. The fourth-order valence-corrected chi connectivity index (χ4v) is 2.26. The van der Waals surface area contributed by atoms with Crippen molar-refractivity contribution in [3.8, 4) is 0 Å². The molecule has 0 saturated carbocycles. The Labute approximate surface area is 123 Å². The van der Waals surface area contributed by atoms with Crippen LogP contribution in [0.5, 0.6) is 0 Å². The van der Waals surface area contributed by atoms with Crippen LogP contribution in [0, 0.1) is 11.7 Å². The normalized spacial score (nSPS) is 18.5. The molecule has 1 amide bonds. The third-order valence-corrected chi connectivity index (χ3v) is 3.42. The van der Waals surface area contributed by atoms with E-state index in [0.717, 1.165) is 25.9 Å². The van der Waals surface area contributed by atoms with Gasteiger partial charge in [-0.3, -0.25) is 4.79 Å².